The molecule has 0 aliphatic carbocycles. The summed E-state index contributed by atoms with van der Waals surface area (Å²) >= 11 is 0. The molecule has 2 amide bonds. The molecule has 2 heterocycles. The molecule has 0 bridgehead atoms. The van der Waals surface area contributed by atoms with Crippen molar-refractivity contribution in [2.24, 2.45) is 5.92 Å². The smallest absolute Gasteiger partial charge is 0.416 e. The minimum absolute atomic E-state index is 0.00616. The van der Waals surface area contributed by atoms with E-state index >= 15 is 0 Å². The zero-order valence-corrected chi connectivity index (χ0v) is 19.9. The zero-order valence-electron chi connectivity index (χ0n) is 19.9. The molecule has 0 saturated carbocycles. The quantitative estimate of drug-likeness (QED) is 0.611. The molecule has 9 heteroatoms. The highest BCUT2D eigenvalue weighted by Gasteiger charge is 2.38. The Labute approximate surface area is 203 Å². The number of hydrogen-bond donors (Lipinski definition) is 0. The Hall–Kier alpha value is -3.07. The largest absolute Gasteiger partial charge is 0.497 e. The van der Waals surface area contributed by atoms with Gasteiger partial charge in [-0.15, -0.1) is 0 Å². The highest BCUT2D eigenvalue weighted by Crippen LogP contribution is 2.31. The van der Waals surface area contributed by atoms with Crippen LogP contribution in [0.25, 0.3) is 0 Å². The molecule has 2 aliphatic rings. The summed E-state index contributed by atoms with van der Waals surface area (Å²) < 4.78 is 44.2. The van der Waals surface area contributed by atoms with Crippen molar-refractivity contribution in [3.8, 4) is 5.75 Å². The molecule has 2 aromatic carbocycles. The number of ether oxygens (including phenoxy) is 1. The number of benzene rings is 2. The van der Waals surface area contributed by atoms with Gasteiger partial charge in [-0.3, -0.25) is 14.5 Å². The van der Waals surface area contributed by atoms with Crippen LogP contribution in [0.15, 0.2) is 48.5 Å². The first-order valence-electron chi connectivity index (χ1n) is 11.8. The number of amides is 2. The van der Waals surface area contributed by atoms with Gasteiger partial charge in [-0.2, -0.15) is 13.2 Å². The van der Waals surface area contributed by atoms with Crippen LogP contribution < -0.4 is 9.64 Å². The number of halogens is 3. The molecule has 2 saturated heterocycles. The van der Waals surface area contributed by atoms with Gasteiger partial charge in [-0.1, -0.05) is 18.2 Å². The van der Waals surface area contributed by atoms with Gasteiger partial charge >= 0.3 is 6.18 Å². The topological polar surface area (TPSA) is 53.1 Å². The molecule has 0 spiro atoms. The van der Waals surface area contributed by atoms with Gasteiger partial charge in [-0.25, -0.2) is 0 Å². The number of carbonyl (C=O) groups excluding carboxylic acids is 2. The maximum absolute atomic E-state index is 13.1. The van der Waals surface area contributed by atoms with Crippen molar-refractivity contribution in [1.29, 1.82) is 0 Å². The Morgan fingerprint density at radius 2 is 1.80 bits per heavy atom. The summed E-state index contributed by atoms with van der Waals surface area (Å²) in [6.45, 7) is 1.92. The number of alkyl halides is 3. The van der Waals surface area contributed by atoms with E-state index in [1.807, 2.05) is 24.1 Å². The number of piperidine rings is 1. The third kappa shape index (κ3) is 5.78. The Balaban J connectivity index is 1.30. The van der Waals surface area contributed by atoms with Crippen LogP contribution in [-0.4, -0.2) is 61.4 Å². The molecule has 188 valence electrons. The van der Waals surface area contributed by atoms with E-state index in [4.69, 9.17) is 4.74 Å². The van der Waals surface area contributed by atoms with Gasteiger partial charge in [0.05, 0.1) is 18.6 Å². The van der Waals surface area contributed by atoms with E-state index in [1.54, 1.807) is 30.2 Å². The van der Waals surface area contributed by atoms with Crippen molar-refractivity contribution in [3.05, 3.63) is 59.7 Å². The normalized spacial score (nSPS) is 19.5. The van der Waals surface area contributed by atoms with E-state index < -0.39 is 11.7 Å². The molecule has 2 aromatic rings. The second-order valence-electron chi connectivity index (χ2n) is 9.27. The number of nitrogens with zero attached hydrogens (tertiary/aromatic N) is 3. The van der Waals surface area contributed by atoms with Crippen LogP contribution >= 0.6 is 0 Å². The second-order valence-corrected chi connectivity index (χ2v) is 9.27. The highest BCUT2D eigenvalue weighted by atomic mass is 19.4. The maximum Gasteiger partial charge on any atom is 0.416 e. The fourth-order valence-corrected chi connectivity index (χ4v) is 4.93. The van der Waals surface area contributed by atoms with E-state index in [-0.39, 0.29) is 30.2 Å². The van der Waals surface area contributed by atoms with Crippen LogP contribution in [0.5, 0.6) is 5.75 Å². The summed E-state index contributed by atoms with van der Waals surface area (Å²) in [6, 6.07) is 12.8. The van der Waals surface area contributed by atoms with Crippen molar-refractivity contribution < 1.29 is 27.5 Å². The number of hydrogen-bond acceptors (Lipinski definition) is 4. The standard InChI is InChI=1S/C26H30F3N3O3/c1-30(16-18-4-3-5-20(14-18)26(27,28)29)21-10-12-31(13-11-21)25(34)19-15-24(33)32(17-19)22-6-8-23(35-2)9-7-22/h3-9,14,19,21H,10-13,15-17H2,1-2H3. The van der Waals surface area contributed by atoms with Crippen LogP contribution in [-0.2, 0) is 22.3 Å². The van der Waals surface area contributed by atoms with Crippen molar-refractivity contribution in [3.63, 3.8) is 0 Å². The van der Waals surface area contributed by atoms with E-state index in [9.17, 15) is 22.8 Å². The van der Waals surface area contributed by atoms with Gasteiger partial charge in [0.25, 0.3) is 0 Å². The molecular formula is C26H30F3N3O3. The van der Waals surface area contributed by atoms with Crippen LogP contribution in [0.3, 0.4) is 0 Å². The Morgan fingerprint density at radius 1 is 1.11 bits per heavy atom. The van der Waals surface area contributed by atoms with E-state index in [0.29, 0.717) is 37.5 Å². The molecule has 2 aliphatic heterocycles. The summed E-state index contributed by atoms with van der Waals surface area (Å²) in [5.41, 5.74) is 0.726. The van der Waals surface area contributed by atoms with Gasteiger partial charge < -0.3 is 14.5 Å². The van der Waals surface area contributed by atoms with Gasteiger partial charge in [0.15, 0.2) is 0 Å². The average Bonchev–Trinajstić information content (AvgIpc) is 3.25. The lowest BCUT2D eigenvalue weighted by Crippen LogP contribution is -2.47. The molecule has 1 atom stereocenters. The molecule has 0 aromatic heterocycles. The third-order valence-electron chi connectivity index (χ3n) is 6.94. The summed E-state index contributed by atoms with van der Waals surface area (Å²) in [5.74, 6) is 0.260. The van der Waals surface area contributed by atoms with Crippen LogP contribution in [0.1, 0.15) is 30.4 Å². The van der Waals surface area contributed by atoms with Crippen molar-refractivity contribution in [2.45, 2.75) is 38.0 Å². The average molecular weight is 490 g/mol. The Kier molecular flexibility index (Phi) is 7.35. The number of carbonyl (C=O) groups is 2. The minimum atomic E-state index is -4.36. The number of likely N-dealkylation sites (tertiary alicyclic amines) is 1. The molecule has 0 radical (unpaired) electrons. The third-order valence-corrected chi connectivity index (χ3v) is 6.94. The first-order valence-corrected chi connectivity index (χ1v) is 11.8. The zero-order chi connectivity index (χ0) is 25.2. The predicted molar refractivity (Wildman–Crippen MR) is 126 cm³/mol. The SMILES string of the molecule is COc1ccc(N2CC(C(=O)N3CCC(N(C)Cc4cccc(C(F)(F)F)c4)CC3)CC2=O)cc1. The summed E-state index contributed by atoms with van der Waals surface area (Å²) in [6.07, 6.45) is -2.68. The highest BCUT2D eigenvalue weighted by molar-refractivity contribution is 6.00. The first kappa shape index (κ1) is 25.0. The van der Waals surface area contributed by atoms with E-state index in [1.165, 1.54) is 12.1 Å². The molecule has 1 unspecified atom stereocenters. The molecule has 6 nitrogen and oxygen atoms in total. The minimum Gasteiger partial charge on any atom is -0.497 e. The van der Waals surface area contributed by atoms with Crippen LogP contribution in [0, 0.1) is 5.92 Å². The number of methoxy groups -OCH3 is 1. The van der Waals surface area contributed by atoms with Gasteiger partial charge in [0.1, 0.15) is 5.75 Å². The first-order chi connectivity index (χ1) is 16.7. The number of rotatable bonds is 6. The second kappa shape index (κ2) is 10.3. The van der Waals surface area contributed by atoms with Gasteiger partial charge in [-0.05, 0) is 55.8 Å². The molecule has 0 N–H and O–H groups in total. The lowest BCUT2D eigenvalue weighted by molar-refractivity contribution is -0.138. The Bertz CT molecular complexity index is 1050. The Morgan fingerprint density at radius 3 is 2.43 bits per heavy atom. The maximum atomic E-state index is 13.1. The summed E-state index contributed by atoms with van der Waals surface area (Å²) in [5, 5.41) is 0. The molecular weight excluding hydrogens is 459 g/mol. The lowest BCUT2D eigenvalue weighted by Gasteiger charge is -2.37. The number of anilines is 1. The van der Waals surface area contributed by atoms with Crippen LogP contribution in [0.4, 0.5) is 18.9 Å². The predicted octanol–water partition coefficient (Wildman–Crippen LogP) is 4.19. The van der Waals surface area contributed by atoms with Gasteiger partial charge in [0.2, 0.25) is 11.8 Å². The van der Waals surface area contributed by atoms with E-state index in [2.05, 4.69) is 4.90 Å². The fourth-order valence-electron chi connectivity index (χ4n) is 4.93. The summed E-state index contributed by atoms with van der Waals surface area (Å²) in [7, 11) is 3.49. The summed E-state index contributed by atoms with van der Waals surface area (Å²) in [4.78, 5) is 31.2. The van der Waals surface area contributed by atoms with Crippen molar-refractivity contribution >= 4 is 17.5 Å². The fraction of sp³-hybridized carbons (Fsp3) is 0.462. The van der Waals surface area contributed by atoms with E-state index in [0.717, 1.165) is 24.6 Å². The van der Waals surface area contributed by atoms with Crippen molar-refractivity contribution in [2.75, 3.05) is 38.7 Å². The van der Waals surface area contributed by atoms with Crippen molar-refractivity contribution in [1.82, 2.24) is 9.80 Å². The van der Waals surface area contributed by atoms with Crippen LogP contribution in [0.2, 0.25) is 0 Å². The van der Waals surface area contributed by atoms with Gasteiger partial charge in [0, 0.05) is 44.3 Å². The monoisotopic (exact) mass is 489 g/mol. The lowest BCUT2D eigenvalue weighted by atomic mass is 10.00. The molecule has 4 rings (SSSR count). The molecule has 2 fully saturated rings. The molecule has 35 heavy (non-hydrogen) atoms.